The highest BCUT2D eigenvalue weighted by atomic mass is 35.5. The lowest BCUT2D eigenvalue weighted by molar-refractivity contribution is 0.581. The van der Waals surface area contributed by atoms with Gasteiger partial charge in [-0.15, -0.1) is 10.2 Å². The van der Waals surface area contributed by atoms with Crippen molar-refractivity contribution in [2.45, 2.75) is 14.5 Å². The van der Waals surface area contributed by atoms with Crippen molar-refractivity contribution in [2.75, 3.05) is 11.9 Å². The Morgan fingerprint density at radius 3 is 2.25 bits per heavy atom. The zero-order valence-corrected chi connectivity index (χ0v) is 19.9. The van der Waals surface area contributed by atoms with Crippen LogP contribution in [0.4, 0.5) is 10.8 Å². The summed E-state index contributed by atoms with van der Waals surface area (Å²) in [4.78, 5) is 0.170. The van der Waals surface area contributed by atoms with Gasteiger partial charge in [0.25, 0.3) is 0 Å². The van der Waals surface area contributed by atoms with Crippen molar-refractivity contribution >= 4 is 55.5 Å². The molecule has 0 aliphatic heterocycles. The molecule has 0 bridgehead atoms. The number of anilines is 2. The summed E-state index contributed by atoms with van der Waals surface area (Å²) in [6, 6.07) is 25.5. The van der Waals surface area contributed by atoms with E-state index < -0.39 is 10.0 Å². The summed E-state index contributed by atoms with van der Waals surface area (Å²) in [5.74, 6) is 0. The third kappa shape index (κ3) is 6.08. The molecule has 0 amide bonds. The normalized spacial score (nSPS) is 12.4. The van der Waals surface area contributed by atoms with Crippen molar-refractivity contribution < 1.29 is 8.42 Å². The highest BCUT2D eigenvalue weighted by molar-refractivity contribution is 8.01. The van der Waals surface area contributed by atoms with Crippen molar-refractivity contribution in [3.8, 4) is 0 Å². The monoisotopic (exact) mass is 502 g/mol. The first kappa shape index (κ1) is 22.8. The van der Waals surface area contributed by atoms with E-state index in [4.69, 9.17) is 11.6 Å². The number of sulfonamides is 1. The molecule has 0 radical (unpaired) electrons. The summed E-state index contributed by atoms with van der Waals surface area (Å²) in [5.41, 5.74) is 1.92. The number of hydrogen-bond acceptors (Lipinski definition) is 7. The van der Waals surface area contributed by atoms with Crippen molar-refractivity contribution in [2.24, 2.45) is 0 Å². The fourth-order valence-electron chi connectivity index (χ4n) is 2.85. The van der Waals surface area contributed by atoms with Gasteiger partial charge in [0.05, 0.1) is 10.1 Å². The Morgan fingerprint density at radius 1 is 0.906 bits per heavy atom. The number of benzene rings is 3. The van der Waals surface area contributed by atoms with E-state index in [1.807, 2.05) is 60.7 Å². The first-order valence-electron chi connectivity index (χ1n) is 9.62. The number of para-hydroxylation sites is 1. The van der Waals surface area contributed by atoms with Crippen LogP contribution in [-0.2, 0) is 10.0 Å². The van der Waals surface area contributed by atoms with Crippen LogP contribution in [0.15, 0.2) is 94.2 Å². The molecule has 0 aliphatic rings. The number of nitrogens with zero attached hydrogens (tertiary/aromatic N) is 2. The molecule has 1 atom stereocenters. The van der Waals surface area contributed by atoms with E-state index in [1.165, 1.54) is 35.2 Å². The van der Waals surface area contributed by atoms with Gasteiger partial charge in [-0.2, -0.15) is 0 Å². The minimum absolute atomic E-state index is 0.170. The van der Waals surface area contributed by atoms with E-state index in [0.29, 0.717) is 10.2 Å². The standard InChI is InChI=1S/C22H19ClN4O2S3/c23-17-11-13-19(14-12-17)32(28,29)24-15-20(16-7-3-1-4-8-16)30-22-27-26-21(31-22)25-18-9-5-2-6-10-18/h1-14,20,24H,15H2,(H,25,26)/t20-/m0/s1. The molecule has 32 heavy (non-hydrogen) atoms. The largest absolute Gasteiger partial charge is 0.330 e. The summed E-state index contributed by atoms with van der Waals surface area (Å²) >= 11 is 8.77. The van der Waals surface area contributed by atoms with Crippen LogP contribution < -0.4 is 10.0 Å². The molecule has 0 fully saturated rings. The predicted molar refractivity (Wildman–Crippen MR) is 131 cm³/mol. The summed E-state index contributed by atoms with van der Waals surface area (Å²) in [5, 5.41) is 12.7. The highest BCUT2D eigenvalue weighted by Crippen LogP contribution is 2.38. The van der Waals surface area contributed by atoms with Gasteiger partial charge in [0.2, 0.25) is 15.2 Å². The minimum Gasteiger partial charge on any atom is -0.330 e. The van der Waals surface area contributed by atoms with Gasteiger partial charge in [0.1, 0.15) is 0 Å². The van der Waals surface area contributed by atoms with E-state index in [0.717, 1.165) is 15.6 Å². The Labute approximate surface area is 200 Å². The maximum atomic E-state index is 12.7. The Hall–Kier alpha value is -2.43. The van der Waals surface area contributed by atoms with Crippen LogP contribution >= 0.6 is 34.7 Å². The fourth-order valence-corrected chi connectivity index (χ4v) is 6.20. The Kier molecular flexibility index (Phi) is 7.44. The molecule has 0 aliphatic carbocycles. The van der Waals surface area contributed by atoms with Gasteiger partial charge in [0.15, 0.2) is 4.34 Å². The molecule has 1 heterocycles. The van der Waals surface area contributed by atoms with E-state index in [9.17, 15) is 8.42 Å². The maximum absolute atomic E-state index is 12.7. The molecule has 0 spiro atoms. The Morgan fingerprint density at radius 2 is 1.56 bits per heavy atom. The van der Waals surface area contributed by atoms with Gasteiger partial charge in [-0.1, -0.05) is 83.2 Å². The van der Waals surface area contributed by atoms with Crippen LogP contribution in [0.1, 0.15) is 10.8 Å². The predicted octanol–water partition coefficient (Wildman–Crippen LogP) is 5.75. The Balaban J connectivity index is 1.49. The molecule has 10 heteroatoms. The molecule has 3 aromatic carbocycles. The molecule has 164 valence electrons. The third-order valence-electron chi connectivity index (χ3n) is 4.43. The second-order valence-corrected chi connectivity index (χ2v) is 11.3. The van der Waals surface area contributed by atoms with Crippen LogP contribution in [0, 0.1) is 0 Å². The molecular formula is C22H19ClN4O2S3. The van der Waals surface area contributed by atoms with E-state index >= 15 is 0 Å². The van der Waals surface area contributed by atoms with Gasteiger partial charge in [-0.05, 0) is 42.0 Å². The average molecular weight is 503 g/mol. The van der Waals surface area contributed by atoms with Gasteiger partial charge in [-0.3, -0.25) is 0 Å². The molecule has 0 unspecified atom stereocenters. The lowest BCUT2D eigenvalue weighted by atomic mass is 10.1. The van der Waals surface area contributed by atoms with E-state index in [2.05, 4.69) is 20.2 Å². The highest BCUT2D eigenvalue weighted by Gasteiger charge is 2.21. The minimum atomic E-state index is -3.67. The molecular weight excluding hydrogens is 484 g/mol. The van der Waals surface area contributed by atoms with Gasteiger partial charge >= 0.3 is 0 Å². The molecule has 4 rings (SSSR count). The molecule has 1 aromatic heterocycles. The smallest absolute Gasteiger partial charge is 0.240 e. The van der Waals surface area contributed by atoms with Gasteiger partial charge in [0, 0.05) is 17.3 Å². The summed E-state index contributed by atoms with van der Waals surface area (Å²) in [6.07, 6.45) is 0. The summed E-state index contributed by atoms with van der Waals surface area (Å²) in [6.45, 7) is 0.195. The van der Waals surface area contributed by atoms with Crippen molar-refractivity contribution in [3.63, 3.8) is 0 Å². The zero-order valence-electron chi connectivity index (χ0n) is 16.7. The number of aromatic nitrogens is 2. The van der Waals surface area contributed by atoms with Crippen molar-refractivity contribution in [3.05, 3.63) is 95.5 Å². The molecule has 6 nitrogen and oxygen atoms in total. The van der Waals surface area contributed by atoms with Crippen LogP contribution in [0.3, 0.4) is 0 Å². The number of nitrogens with one attached hydrogen (secondary N) is 2. The van der Waals surface area contributed by atoms with Crippen molar-refractivity contribution in [1.82, 2.24) is 14.9 Å². The average Bonchev–Trinajstić information content (AvgIpc) is 3.25. The molecule has 0 saturated heterocycles. The fraction of sp³-hybridized carbons (Fsp3) is 0.0909. The first-order valence-corrected chi connectivity index (χ1v) is 13.2. The van der Waals surface area contributed by atoms with Crippen LogP contribution in [0.2, 0.25) is 5.02 Å². The number of halogens is 1. The number of thioether (sulfide) groups is 1. The van der Waals surface area contributed by atoms with E-state index in [-0.39, 0.29) is 16.7 Å². The number of hydrogen-bond donors (Lipinski definition) is 2. The number of rotatable bonds is 9. The van der Waals surface area contributed by atoms with Gasteiger partial charge < -0.3 is 5.32 Å². The van der Waals surface area contributed by atoms with Crippen LogP contribution in [0.25, 0.3) is 0 Å². The summed E-state index contributed by atoms with van der Waals surface area (Å²) < 4.78 is 28.9. The second kappa shape index (κ2) is 10.5. The topological polar surface area (TPSA) is 84.0 Å². The van der Waals surface area contributed by atoms with E-state index in [1.54, 1.807) is 12.1 Å². The lowest BCUT2D eigenvalue weighted by Gasteiger charge is -2.16. The molecule has 0 saturated carbocycles. The molecule has 4 aromatic rings. The zero-order chi connectivity index (χ0) is 22.4. The van der Waals surface area contributed by atoms with Crippen molar-refractivity contribution in [1.29, 1.82) is 0 Å². The first-order chi connectivity index (χ1) is 15.5. The summed E-state index contributed by atoms with van der Waals surface area (Å²) in [7, 11) is -3.67. The molecule has 2 N–H and O–H groups in total. The maximum Gasteiger partial charge on any atom is 0.240 e. The van der Waals surface area contributed by atoms with Gasteiger partial charge in [-0.25, -0.2) is 13.1 Å². The quantitative estimate of drug-likeness (QED) is 0.284. The van der Waals surface area contributed by atoms with Crippen LogP contribution in [0.5, 0.6) is 0 Å². The Bertz CT molecular complexity index is 1250. The third-order valence-corrected chi connectivity index (χ3v) is 8.30. The SMILES string of the molecule is O=S(=O)(NC[C@H](Sc1nnc(Nc2ccccc2)s1)c1ccccc1)c1ccc(Cl)cc1. The van der Waals surface area contributed by atoms with Crippen LogP contribution in [-0.4, -0.2) is 25.2 Å². The lowest BCUT2D eigenvalue weighted by Crippen LogP contribution is -2.27. The second-order valence-electron chi connectivity index (χ2n) is 6.69.